The number of rotatable bonds is 16. The minimum atomic E-state index is -0.726. The van der Waals surface area contributed by atoms with Gasteiger partial charge in [-0.15, -0.1) is 0 Å². The van der Waals surface area contributed by atoms with Gasteiger partial charge in [0.15, 0.2) is 0 Å². The third-order valence-electron chi connectivity index (χ3n) is 4.81. The number of nitrogens with zero attached hydrogens (tertiary/aromatic N) is 1. The molecule has 0 aliphatic carbocycles. The van der Waals surface area contributed by atoms with E-state index in [0.717, 1.165) is 57.8 Å². The Hall–Kier alpha value is -1.40. The number of oxime groups is 1. The summed E-state index contributed by atoms with van der Waals surface area (Å²) in [6, 6.07) is 0. The topological polar surface area (TPSA) is 88.4 Å². The lowest BCUT2D eigenvalue weighted by molar-refractivity contribution is -0.267. The molecule has 0 saturated heterocycles. The minimum absolute atomic E-state index is 0.0460. The Morgan fingerprint density at radius 3 is 2.58 bits per heavy atom. The summed E-state index contributed by atoms with van der Waals surface area (Å²) >= 11 is 0. The van der Waals surface area contributed by atoms with E-state index >= 15 is 0 Å². The summed E-state index contributed by atoms with van der Waals surface area (Å²) in [5.41, 5.74) is 0. The molecule has 0 aromatic rings. The van der Waals surface area contributed by atoms with Crippen LogP contribution < -0.4 is 0 Å². The predicted molar refractivity (Wildman–Crippen MR) is 102 cm³/mol. The van der Waals surface area contributed by atoms with E-state index in [1.54, 1.807) is 6.21 Å². The summed E-state index contributed by atoms with van der Waals surface area (Å²) in [6.07, 6.45) is 16.7. The molecule has 0 radical (unpaired) electrons. The smallest absolute Gasteiger partial charge is 0.303 e. The van der Waals surface area contributed by atoms with Crippen molar-refractivity contribution in [2.75, 3.05) is 0 Å². The van der Waals surface area contributed by atoms with Crippen molar-refractivity contribution in [3.05, 3.63) is 12.2 Å². The van der Waals surface area contributed by atoms with Gasteiger partial charge in [0.05, 0.1) is 0 Å². The molecule has 0 fully saturated rings. The maximum atomic E-state index is 10.5. The van der Waals surface area contributed by atoms with E-state index in [4.69, 9.17) is 15.2 Å². The fourth-order valence-corrected chi connectivity index (χ4v) is 3.20. The molecule has 0 aromatic carbocycles. The zero-order chi connectivity index (χ0) is 19.0. The van der Waals surface area contributed by atoms with Crippen LogP contribution in [0.5, 0.6) is 0 Å². The Morgan fingerprint density at radius 2 is 1.92 bits per heavy atom. The van der Waals surface area contributed by atoms with Crippen LogP contribution in [0.2, 0.25) is 0 Å². The SMILES string of the molecule is CCCCCCC(/C=C\[C@@H](CCCCCCC(=O)O)C1CC=NO1)OO. The molecular formula is C20H35NO5. The highest BCUT2D eigenvalue weighted by Gasteiger charge is 2.23. The molecule has 6 heteroatoms. The highest BCUT2D eigenvalue weighted by molar-refractivity contribution is 5.66. The summed E-state index contributed by atoms with van der Waals surface area (Å²) in [5.74, 6) is -0.499. The summed E-state index contributed by atoms with van der Waals surface area (Å²) < 4.78 is 0. The summed E-state index contributed by atoms with van der Waals surface area (Å²) in [4.78, 5) is 20.6. The molecule has 0 saturated carbocycles. The van der Waals surface area contributed by atoms with E-state index in [2.05, 4.69) is 23.0 Å². The van der Waals surface area contributed by atoms with E-state index in [9.17, 15) is 4.79 Å². The Labute approximate surface area is 157 Å². The predicted octanol–water partition coefficient (Wildman–Crippen LogP) is 5.19. The quantitative estimate of drug-likeness (QED) is 0.169. The van der Waals surface area contributed by atoms with Crippen molar-refractivity contribution in [3.63, 3.8) is 0 Å². The van der Waals surface area contributed by atoms with Gasteiger partial charge in [-0.05, 0) is 19.3 Å². The van der Waals surface area contributed by atoms with Crippen LogP contribution in [0.25, 0.3) is 0 Å². The maximum Gasteiger partial charge on any atom is 0.303 e. The molecule has 0 amide bonds. The van der Waals surface area contributed by atoms with Crippen LogP contribution in [-0.2, 0) is 14.5 Å². The average Bonchev–Trinajstić information content (AvgIpc) is 3.16. The molecule has 1 rings (SSSR count). The van der Waals surface area contributed by atoms with Crippen LogP contribution in [0.4, 0.5) is 0 Å². The van der Waals surface area contributed by atoms with E-state index in [1.165, 1.54) is 12.8 Å². The van der Waals surface area contributed by atoms with Crippen LogP contribution >= 0.6 is 0 Å². The maximum absolute atomic E-state index is 10.5. The van der Waals surface area contributed by atoms with Gasteiger partial charge in [-0.1, -0.05) is 69.2 Å². The highest BCUT2D eigenvalue weighted by Crippen LogP contribution is 2.24. The molecule has 1 aliphatic rings. The molecule has 0 aromatic heterocycles. The number of hydrogen-bond acceptors (Lipinski definition) is 5. The number of aliphatic carboxylic acids is 1. The normalized spacial score (nSPS) is 18.9. The molecule has 150 valence electrons. The Balaban J connectivity index is 2.37. The lowest BCUT2D eigenvalue weighted by Crippen LogP contribution is -2.19. The van der Waals surface area contributed by atoms with Crippen molar-refractivity contribution in [1.82, 2.24) is 0 Å². The lowest BCUT2D eigenvalue weighted by Gasteiger charge is -2.19. The number of carbonyl (C=O) groups is 1. The Bertz CT molecular complexity index is 416. The van der Waals surface area contributed by atoms with Gasteiger partial charge >= 0.3 is 5.97 Å². The van der Waals surface area contributed by atoms with Crippen molar-refractivity contribution in [3.8, 4) is 0 Å². The van der Waals surface area contributed by atoms with Crippen molar-refractivity contribution in [1.29, 1.82) is 0 Å². The van der Waals surface area contributed by atoms with Gasteiger partial charge in [0, 0.05) is 25.0 Å². The van der Waals surface area contributed by atoms with Gasteiger partial charge in [-0.2, -0.15) is 0 Å². The van der Waals surface area contributed by atoms with E-state index in [-0.39, 0.29) is 24.5 Å². The monoisotopic (exact) mass is 369 g/mol. The molecule has 3 atom stereocenters. The van der Waals surface area contributed by atoms with Crippen molar-refractivity contribution < 1.29 is 24.9 Å². The first-order valence-electron chi connectivity index (χ1n) is 10.0. The summed E-state index contributed by atoms with van der Waals surface area (Å²) in [6.45, 7) is 2.18. The molecule has 26 heavy (non-hydrogen) atoms. The molecule has 2 unspecified atom stereocenters. The van der Waals surface area contributed by atoms with Crippen molar-refractivity contribution in [2.45, 2.75) is 96.2 Å². The van der Waals surface area contributed by atoms with E-state index in [1.807, 2.05) is 6.08 Å². The van der Waals surface area contributed by atoms with Crippen LogP contribution in [0.1, 0.15) is 84.0 Å². The summed E-state index contributed by atoms with van der Waals surface area (Å²) in [5, 5.41) is 21.7. The van der Waals surface area contributed by atoms with Gasteiger partial charge in [-0.3, -0.25) is 10.1 Å². The number of carboxylic acid groups (broad SMARTS) is 1. The Morgan fingerprint density at radius 1 is 1.19 bits per heavy atom. The highest BCUT2D eigenvalue weighted by atomic mass is 17.1. The number of unbranched alkanes of at least 4 members (excludes halogenated alkanes) is 6. The second-order valence-electron chi connectivity index (χ2n) is 7.06. The first kappa shape index (κ1) is 22.6. The zero-order valence-electron chi connectivity index (χ0n) is 16.0. The molecule has 6 nitrogen and oxygen atoms in total. The van der Waals surface area contributed by atoms with E-state index < -0.39 is 5.97 Å². The lowest BCUT2D eigenvalue weighted by atomic mass is 9.92. The third kappa shape index (κ3) is 10.6. The zero-order valence-corrected chi connectivity index (χ0v) is 16.0. The largest absolute Gasteiger partial charge is 0.481 e. The van der Waals surface area contributed by atoms with Gasteiger partial charge in [0.2, 0.25) is 0 Å². The molecule has 0 spiro atoms. The average molecular weight is 370 g/mol. The van der Waals surface area contributed by atoms with Gasteiger partial charge in [0.25, 0.3) is 0 Å². The van der Waals surface area contributed by atoms with Crippen LogP contribution in [-0.4, -0.2) is 34.8 Å². The molecule has 1 heterocycles. The molecular weight excluding hydrogens is 334 g/mol. The molecule has 1 aliphatic heterocycles. The first-order chi connectivity index (χ1) is 12.7. The van der Waals surface area contributed by atoms with Crippen LogP contribution in [0.3, 0.4) is 0 Å². The van der Waals surface area contributed by atoms with E-state index in [0.29, 0.717) is 0 Å². The van der Waals surface area contributed by atoms with Gasteiger partial charge in [0.1, 0.15) is 12.2 Å². The van der Waals surface area contributed by atoms with Crippen LogP contribution in [0, 0.1) is 5.92 Å². The minimum Gasteiger partial charge on any atom is -0.481 e. The molecule has 2 N–H and O–H groups in total. The van der Waals surface area contributed by atoms with Crippen molar-refractivity contribution in [2.24, 2.45) is 11.1 Å². The van der Waals surface area contributed by atoms with Crippen LogP contribution in [0.15, 0.2) is 17.3 Å². The standard InChI is InChI=1S/C20H35NO5/c1-2-3-4-8-11-18(26-24)14-13-17(19-15-16-21-25-19)10-7-5-6-9-12-20(22)23/h13-14,16-19,24H,2-12,15H2,1H3,(H,22,23)/b14-13-/t17-,18?,19?/m1/s1. The number of hydrogen-bond donors (Lipinski definition) is 2. The number of carboxylic acids is 1. The first-order valence-corrected chi connectivity index (χ1v) is 10.0. The third-order valence-corrected chi connectivity index (χ3v) is 4.81. The van der Waals surface area contributed by atoms with Gasteiger partial charge in [-0.25, -0.2) is 4.89 Å². The fraction of sp³-hybridized carbons (Fsp3) is 0.800. The van der Waals surface area contributed by atoms with Gasteiger partial charge < -0.3 is 9.94 Å². The molecule has 0 bridgehead atoms. The second-order valence-corrected chi connectivity index (χ2v) is 7.06. The fourth-order valence-electron chi connectivity index (χ4n) is 3.20. The second kappa shape index (κ2) is 14.7. The summed E-state index contributed by atoms with van der Waals surface area (Å²) in [7, 11) is 0. The Kier molecular flexibility index (Phi) is 12.8. The van der Waals surface area contributed by atoms with Crippen molar-refractivity contribution >= 4 is 12.2 Å².